The molecule has 0 unspecified atom stereocenters. The van der Waals surface area contributed by atoms with Crippen molar-refractivity contribution in [1.29, 1.82) is 0 Å². The predicted molar refractivity (Wildman–Crippen MR) is 80.0 cm³/mol. The number of aryl methyl sites for hydroxylation is 2. The van der Waals surface area contributed by atoms with Crippen LogP contribution in [-0.2, 0) is 6.61 Å². The first kappa shape index (κ1) is 15.2. The van der Waals surface area contributed by atoms with Crippen LogP contribution in [0.15, 0.2) is 28.7 Å². The fourth-order valence-electron chi connectivity index (χ4n) is 2.17. The molecule has 1 heterocycles. The summed E-state index contributed by atoms with van der Waals surface area (Å²) in [4.78, 5) is 11.0. The summed E-state index contributed by atoms with van der Waals surface area (Å²) < 4.78 is 11.1. The van der Waals surface area contributed by atoms with E-state index in [-0.39, 0.29) is 12.2 Å². The van der Waals surface area contributed by atoms with Gasteiger partial charge in [0.2, 0.25) is 0 Å². The van der Waals surface area contributed by atoms with Crippen molar-refractivity contribution in [3.05, 3.63) is 52.5 Å². The second-order valence-electron chi connectivity index (χ2n) is 5.51. The number of ether oxygens (including phenoxy) is 1. The molecule has 0 atom stereocenters. The zero-order valence-electron chi connectivity index (χ0n) is 12.8. The number of furan rings is 1. The van der Waals surface area contributed by atoms with Gasteiger partial charge in [-0.25, -0.2) is 4.79 Å². The average molecular weight is 288 g/mol. The third kappa shape index (κ3) is 3.66. The van der Waals surface area contributed by atoms with Crippen molar-refractivity contribution >= 4 is 5.97 Å². The Morgan fingerprint density at radius 1 is 1.24 bits per heavy atom. The Morgan fingerprint density at radius 3 is 2.52 bits per heavy atom. The van der Waals surface area contributed by atoms with Crippen molar-refractivity contribution < 1.29 is 19.1 Å². The number of carbonyl (C=O) groups is 1. The number of carboxylic acids is 1. The number of hydrogen-bond donors (Lipinski definition) is 1. The Morgan fingerprint density at radius 2 is 1.95 bits per heavy atom. The van der Waals surface area contributed by atoms with E-state index in [1.54, 1.807) is 6.92 Å². The second-order valence-corrected chi connectivity index (χ2v) is 5.51. The monoisotopic (exact) mass is 288 g/mol. The summed E-state index contributed by atoms with van der Waals surface area (Å²) in [6, 6.07) is 7.61. The quantitative estimate of drug-likeness (QED) is 0.891. The van der Waals surface area contributed by atoms with Crippen molar-refractivity contribution in [1.82, 2.24) is 0 Å². The Labute approximate surface area is 124 Å². The number of carboxylic acid groups (broad SMARTS) is 1. The molecule has 0 spiro atoms. The smallest absolute Gasteiger partial charge is 0.339 e. The van der Waals surface area contributed by atoms with E-state index < -0.39 is 5.97 Å². The fraction of sp³-hybridized carbons (Fsp3) is 0.353. The van der Waals surface area contributed by atoms with Crippen LogP contribution in [0.25, 0.3) is 0 Å². The summed E-state index contributed by atoms with van der Waals surface area (Å²) in [6.07, 6.45) is 0. The summed E-state index contributed by atoms with van der Waals surface area (Å²) in [5.41, 5.74) is 2.53. The lowest BCUT2D eigenvalue weighted by molar-refractivity contribution is 0.0695. The highest BCUT2D eigenvalue weighted by molar-refractivity contribution is 5.88. The van der Waals surface area contributed by atoms with E-state index >= 15 is 0 Å². The normalized spacial score (nSPS) is 10.9. The molecule has 1 N–H and O–H groups in total. The first-order chi connectivity index (χ1) is 9.86. The van der Waals surface area contributed by atoms with Gasteiger partial charge in [-0.2, -0.15) is 0 Å². The first-order valence-corrected chi connectivity index (χ1v) is 6.94. The molecule has 0 saturated heterocycles. The van der Waals surface area contributed by atoms with Gasteiger partial charge in [-0.1, -0.05) is 19.9 Å². The topological polar surface area (TPSA) is 59.7 Å². The lowest BCUT2D eigenvalue weighted by Gasteiger charge is -2.11. The fourth-order valence-corrected chi connectivity index (χ4v) is 2.17. The molecule has 0 aliphatic rings. The van der Waals surface area contributed by atoms with Crippen molar-refractivity contribution in [3.8, 4) is 5.75 Å². The molecule has 0 aliphatic heterocycles. The molecular weight excluding hydrogens is 268 g/mol. The first-order valence-electron chi connectivity index (χ1n) is 6.94. The lowest BCUT2D eigenvalue weighted by atomic mass is 10.0. The van der Waals surface area contributed by atoms with Gasteiger partial charge in [0.15, 0.2) is 0 Å². The summed E-state index contributed by atoms with van der Waals surface area (Å²) in [6.45, 7) is 8.14. The molecule has 0 saturated carbocycles. The van der Waals surface area contributed by atoms with E-state index in [4.69, 9.17) is 14.3 Å². The van der Waals surface area contributed by atoms with Crippen LogP contribution in [0.5, 0.6) is 5.75 Å². The maximum Gasteiger partial charge on any atom is 0.339 e. The Hall–Kier alpha value is -2.23. The van der Waals surface area contributed by atoms with Gasteiger partial charge in [0, 0.05) is 0 Å². The van der Waals surface area contributed by atoms with Crippen LogP contribution >= 0.6 is 0 Å². The molecule has 4 nitrogen and oxygen atoms in total. The SMILES string of the molecule is Cc1cc(OCc2cc(C(=O)O)c(C)o2)cc(C(C)C)c1. The van der Waals surface area contributed by atoms with E-state index in [1.165, 1.54) is 11.6 Å². The summed E-state index contributed by atoms with van der Waals surface area (Å²) in [7, 11) is 0. The molecule has 1 aromatic carbocycles. The predicted octanol–water partition coefficient (Wildman–Crippen LogP) is 4.30. The van der Waals surface area contributed by atoms with Crippen LogP contribution in [0.2, 0.25) is 0 Å². The number of aromatic carboxylic acids is 1. The van der Waals surface area contributed by atoms with Gasteiger partial charge in [0.1, 0.15) is 29.4 Å². The second kappa shape index (κ2) is 6.04. The van der Waals surface area contributed by atoms with Crippen LogP contribution < -0.4 is 4.74 Å². The van der Waals surface area contributed by atoms with Crippen LogP contribution in [0.3, 0.4) is 0 Å². The molecule has 21 heavy (non-hydrogen) atoms. The van der Waals surface area contributed by atoms with E-state index in [0.29, 0.717) is 17.4 Å². The molecule has 0 radical (unpaired) electrons. The molecule has 0 bridgehead atoms. The Kier molecular flexibility index (Phi) is 4.36. The summed E-state index contributed by atoms with van der Waals surface area (Å²) in [5, 5.41) is 9.00. The Balaban J connectivity index is 2.13. The average Bonchev–Trinajstić information content (AvgIpc) is 2.77. The van der Waals surface area contributed by atoms with Gasteiger partial charge < -0.3 is 14.3 Å². The van der Waals surface area contributed by atoms with Crippen LogP contribution in [-0.4, -0.2) is 11.1 Å². The maximum absolute atomic E-state index is 11.0. The highest BCUT2D eigenvalue weighted by atomic mass is 16.5. The summed E-state index contributed by atoms with van der Waals surface area (Å²) >= 11 is 0. The molecule has 0 amide bonds. The van der Waals surface area contributed by atoms with Crippen LogP contribution in [0.1, 0.15) is 52.8 Å². The van der Waals surface area contributed by atoms with E-state index in [1.807, 2.05) is 19.1 Å². The molecule has 2 rings (SSSR count). The minimum Gasteiger partial charge on any atom is -0.486 e. The maximum atomic E-state index is 11.0. The zero-order chi connectivity index (χ0) is 15.6. The highest BCUT2D eigenvalue weighted by Gasteiger charge is 2.14. The van der Waals surface area contributed by atoms with Gasteiger partial charge in [0.25, 0.3) is 0 Å². The number of rotatable bonds is 5. The van der Waals surface area contributed by atoms with Crippen molar-refractivity contribution in [2.24, 2.45) is 0 Å². The van der Waals surface area contributed by atoms with Gasteiger partial charge >= 0.3 is 5.97 Å². The molecule has 0 fully saturated rings. The molecule has 2 aromatic rings. The third-order valence-electron chi connectivity index (χ3n) is 3.32. The van der Waals surface area contributed by atoms with E-state index in [0.717, 1.165) is 11.3 Å². The lowest BCUT2D eigenvalue weighted by Crippen LogP contribution is -1.97. The minimum atomic E-state index is -0.986. The zero-order valence-corrected chi connectivity index (χ0v) is 12.8. The van der Waals surface area contributed by atoms with Crippen LogP contribution in [0.4, 0.5) is 0 Å². The van der Waals surface area contributed by atoms with Gasteiger partial charge in [-0.15, -0.1) is 0 Å². The highest BCUT2D eigenvalue weighted by Crippen LogP contribution is 2.24. The standard InChI is InChI=1S/C17H20O4/c1-10(2)13-5-11(3)6-14(7-13)20-9-15-8-16(17(18)19)12(4)21-15/h5-8,10H,9H2,1-4H3,(H,18,19). The van der Waals surface area contributed by atoms with Crippen LogP contribution in [0, 0.1) is 13.8 Å². The Bertz CT molecular complexity index is 653. The molecule has 1 aromatic heterocycles. The largest absolute Gasteiger partial charge is 0.486 e. The van der Waals surface area contributed by atoms with Gasteiger partial charge in [0.05, 0.1) is 0 Å². The molecular formula is C17H20O4. The molecule has 112 valence electrons. The molecule has 4 heteroatoms. The number of benzene rings is 1. The van der Waals surface area contributed by atoms with Gasteiger partial charge in [-0.05, 0) is 49.1 Å². The third-order valence-corrected chi connectivity index (χ3v) is 3.32. The molecule has 0 aliphatic carbocycles. The minimum absolute atomic E-state index is 0.181. The van der Waals surface area contributed by atoms with Crippen molar-refractivity contribution in [3.63, 3.8) is 0 Å². The van der Waals surface area contributed by atoms with E-state index in [2.05, 4.69) is 19.9 Å². The number of hydrogen-bond acceptors (Lipinski definition) is 3. The van der Waals surface area contributed by atoms with Crippen molar-refractivity contribution in [2.45, 2.75) is 40.2 Å². The summed E-state index contributed by atoms with van der Waals surface area (Å²) in [5.74, 6) is 1.12. The van der Waals surface area contributed by atoms with E-state index in [9.17, 15) is 4.79 Å². The van der Waals surface area contributed by atoms with Crippen molar-refractivity contribution in [2.75, 3.05) is 0 Å². The van der Waals surface area contributed by atoms with Gasteiger partial charge in [-0.3, -0.25) is 0 Å².